The van der Waals surface area contributed by atoms with Gasteiger partial charge in [-0.15, -0.1) is 24.0 Å². The van der Waals surface area contributed by atoms with Gasteiger partial charge < -0.3 is 15.4 Å². The standard InChI is InChI=1S/C13H23F3N4O4S.HI/c1-9(11(21)24-3)8-18-12(17-2)19-10-4-6-20(7-5-10)25(22,23)13(14,15)16;/h9-10H,4-8H2,1-3H3,(H2,17,18,19);1H. The van der Waals surface area contributed by atoms with Gasteiger partial charge in [0.25, 0.3) is 0 Å². The van der Waals surface area contributed by atoms with Crippen LogP contribution in [0.4, 0.5) is 13.2 Å². The van der Waals surface area contributed by atoms with Gasteiger partial charge in [0.1, 0.15) is 0 Å². The smallest absolute Gasteiger partial charge is 0.469 e. The molecular formula is C13H24F3IN4O4S. The second-order valence-corrected chi connectivity index (χ2v) is 7.58. The SMILES string of the molecule is CN=C(NCC(C)C(=O)OC)NC1CCN(S(=O)(=O)C(F)(F)F)CC1.I. The van der Waals surface area contributed by atoms with E-state index in [-0.39, 0.29) is 68.5 Å². The Bertz CT molecular complexity index is 593. The third-order valence-electron chi connectivity index (χ3n) is 3.83. The molecule has 0 aromatic carbocycles. The topological polar surface area (TPSA) is 100 Å². The van der Waals surface area contributed by atoms with Crippen molar-refractivity contribution in [3.63, 3.8) is 0 Å². The summed E-state index contributed by atoms with van der Waals surface area (Å²) in [7, 11) is -2.48. The molecule has 26 heavy (non-hydrogen) atoms. The first-order chi connectivity index (χ1) is 11.5. The number of nitrogens with zero attached hydrogens (tertiary/aromatic N) is 2. The average Bonchev–Trinajstić information content (AvgIpc) is 2.56. The summed E-state index contributed by atoms with van der Waals surface area (Å²) in [5.74, 6) is -0.399. The normalized spacial score (nSPS) is 18.6. The molecule has 1 rings (SSSR count). The molecule has 1 unspecified atom stereocenters. The molecule has 0 amide bonds. The zero-order chi connectivity index (χ0) is 19.3. The fraction of sp³-hybridized carbons (Fsp3) is 0.846. The van der Waals surface area contributed by atoms with Gasteiger partial charge in [-0.05, 0) is 12.8 Å². The van der Waals surface area contributed by atoms with E-state index in [1.165, 1.54) is 14.2 Å². The summed E-state index contributed by atoms with van der Waals surface area (Å²) in [6.07, 6.45) is 0.422. The first kappa shape index (κ1) is 25.2. The minimum absolute atomic E-state index is 0. The molecule has 0 radical (unpaired) electrons. The van der Waals surface area contributed by atoms with Gasteiger partial charge in [0.15, 0.2) is 5.96 Å². The Balaban J connectivity index is 0.00000625. The molecule has 154 valence electrons. The summed E-state index contributed by atoms with van der Waals surface area (Å²) in [6.45, 7) is 1.49. The van der Waals surface area contributed by atoms with Crippen LogP contribution in [0.1, 0.15) is 19.8 Å². The molecule has 1 aliphatic heterocycles. The summed E-state index contributed by atoms with van der Waals surface area (Å²) in [4.78, 5) is 15.3. The number of nitrogens with one attached hydrogen (secondary N) is 2. The Morgan fingerprint density at radius 3 is 2.31 bits per heavy atom. The Hall–Kier alpha value is -0.830. The van der Waals surface area contributed by atoms with E-state index in [1.54, 1.807) is 6.92 Å². The zero-order valence-electron chi connectivity index (χ0n) is 14.7. The number of sulfonamides is 1. The Labute approximate surface area is 168 Å². The number of carbonyl (C=O) groups excluding carboxylic acids is 1. The lowest BCUT2D eigenvalue weighted by molar-refractivity contribution is -0.144. The van der Waals surface area contributed by atoms with E-state index in [9.17, 15) is 26.4 Å². The molecule has 1 aliphatic rings. The van der Waals surface area contributed by atoms with E-state index < -0.39 is 21.4 Å². The minimum atomic E-state index is -5.28. The van der Waals surface area contributed by atoms with Crippen molar-refractivity contribution in [2.24, 2.45) is 10.9 Å². The monoisotopic (exact) mass is 516 g/mol. The number of piperidine rings is 1. The highest BCUT2D eigenvalue weighted by Crippen LogP contribution is 2.28. The average molecular weight is 516 g/mol. The second-order valence-electron chi connectivity index (χ2n) is 5.65. The minimum Gasteiger partial charge on any atom is -0.469 e. The maximum Gasteiger partial charge on any atom is 0.511 e. The lowest BCUT2D eigenvalue weighted by Crippen LogP contribution is -2.52. The number of carbonyl (C=O) groups is 1. The second kappa shape index (κ2) is 10.5. The molecule has 1 heterocycles. The molecule has 13 heteroatoms. The van der Waals surface area contributed by atoms with Crippen molar-refractivity contribution in [1.82, 2.24) is 14.9 Å². The van der Waals surface area contributed by atoms with Crippen LogP contribution in [0, 0.1) is 5.92 Å². The molecule has 0 bridgehead atoms. The lowest BCUT2D eigenvalue weighted by Gasteiger charge is -2.32. The van der Waals surface area contributed by atoms with Gasteiger partial charge in [0.2, 0.25) is 0 Å². The molecule has 0 aromatic heterocycles. The number of hydrogen-bond acceptors (Lipinski definition) is 5. The maximum atomic E-state index is 12.5. The summed E-state index contributed by atoms with van der Waals surface area (Å²) >= 11 is 0. The van der Waals surface area contributed by atoms with Crippen molar-refractivity contribution in [2.45, 2.75) is 31.3 Å². The number of halogens is 4. The van der Waals surface area contributed by atoms with Gasteiger partial charge in [-0.1, -0.05) is 6.92 Å². The van der Waals surface area contributed by atoms with Gasteiger partial charge in [0, 0.05) is 32.7 Å². The zero-order valence-corrected chi connectivity index (χ0v) is 17.8. The Kier molecular flexibility index (Phi) is 10.2. The van der Waals surface area contributed by atoms with Crippen LogP contribution in [0.15, 0.2) is 4.99 Å². The highest BCUT2D eigenvalue weighted by molar-refractivity contribution is 14.0. The van der Waals surface area contributed by atoms with E-state index in [2.05, 4.69) is 20.4 Å². The predicted molar refractivity (Wildman–Crippen MR) is 101 cm³/mol. The number of rotatable bonds is 5. The molecule has 0 aromatic rings. The van der Waals surface area contributed by atoms with Crippen molar-refractivity contribution < 1.29 is 31.1 Å². The molecule has 2 N–H and O–H groups in total. The summed E-state index contributed by atoms with van der Waals surface area (Å²) in [5, 5.41) is 5.94. The van der Waals surface area contributed by atoms with Crippen molar-refractivity contribution in [1.29, 1.82) is 0 Å². The number of aliphatic imine (C=N–C) groups is 1. The maximum absolute atomic E-state index is 12.5. The van der Waals surface area contributed by atoms with E-state index in [1.807, 2.05) is 0 Å². The largest absolute Gasteiger partial charge is 0.511 e. The Morgan fingerprint density at radius 1 is 1.35 bits per heavy atom. The van der Waals surface area contributed by atoms with Crippen LogP contribution in [0.5, 0.6) is 0 Å². The van der Waals surface area contributed by atoms with Gasteiger partial charge >= 0.3 is 21.5 Å². The number of methoxy groups -OCH3 is 1. The molecule has 1 saturated heterocycles. The summed E-state index contributed by atoms with van der Waals surface area (Å²) in [5.41, 5.74) is -5.28. The first-order valence-electron chi connectivity index (χ1n) is 7.64. The van der Waals surface area contributed by atoms with Crippen LogP contribution in [0.3, 0.4) is 0 Å². The highest BCUT2D eigenvalue weighted by atomic mass is 127. The fourth-order valence-electron chi connectivity index (χ4n) is 2.31. The number of alkyl halides is 3. The molecule has 0 spiro atoms. The number of hydrogen-bond donors (Lipinski definition) is 2. The van der Waals surface area contributed by atoms with E-state index in [0.717, 1.165) is 0 Å². The molecule has 0 aliphatic carbocycles. The summed E-state index contributed by atoms with van der Waals surface area (Å²) in [6, 6.07) is -0.223. The Morgan fingerprint density at radius 2 is 1.88 bits per heavy atom. The van der Waals surface area contributed by atoms with Crippen LogP contribution in [-0.2, 0) is 19.6 Å². The molecule has 1 atom stereocenters. The van der Waals surface area contributed by atoms with Crippen molar-refractivity contribution in [2.75, 3.05) is 33.8 Å². The predicted octanol–water partition coefficient (Wildman–Crippen LogP) is 0.892. The van der Waals surface area contributed by atoms with Crippen molar-refractivity contribution >= 4 is 45.9 Å². The van der Waals surface area contributed by atoms with Crippen molar-refractivity contribution in [3.05, 3.63) is 0 Å². The quantitative estimate of drug-likeness (QED) is 0.244. The van der Waals surface area contributed by atoms with Crippen LogP contribution < -0.4 is 10.6 Å². The fourth-order valence-corrected chi connectivity index (χ4v) is 3.29. The van der Waals surface area contributed by atoms with Crippen LogP contribution >= 0.6 is 24.0 Å². The molecular weight excluding hydrogens is 492 g/mol. The molecule has 8 nitrogen and oxygen atoms in total. The third kappa shape index (κ3) is 6.72. The molecule has 1 fully saturated rings. The molecule has 0 saturated carbocycles. The first-order valence-corrected chi connectivity index (χ1v) is 9.08. The number of guanidine groups is 1. The number of esters is 1. The van der Waals surface area contributed by atoms with Gasteiger partial charge in [-0.2, -0.15) is 17.5 Å². The van der Waals surface area contributed by atoms with Gasteiger partial charge in [0.05, 0.1) is 13.0 Å². The highest BCUT2D eigenvalue weighted by Gasteiger charge is 2.50. The van der Waals surface area contributed by atoms with Gasteiger partial charge in [-0.3, -0.25) is 9.79 Å². The lowest BCUT2D eigenvalue weighted by atomic mass is 10.1. The van der Waals surface area contributed by atoms with E-state index in [4.69, 9.17) is 0 Å². The van der Waals surface area contributed by atoms with Crippen LogP contribution in [0.2, 0.25) is 0 Å². The van der Waals surface area contributed by atoms with E-state index >= 15 is 0 Å². The van der Waals surface area contributed by atoms with Gasteiger partial charge in [-0.25, -0.2) is 8.42 Å². The van der Waals surface area contributed by atoms with E-state index in [0.29, 0.717) is 10.3 Å². The number of ether oxygens (including phenoxy) is 1. The van der Waals surface area contributed by atoms with Crippen LogP contribution in [0.25, 0.3) is 0 Å². The third-order valence-corrected chi connectivity index (χ3v) is 5.46. The van der Waals surface area contributed by atoms with Crippen molar-refractivity contribution in [3.8, 4) is 0 Å². The summed E-state index contributed by atoms with van der Waals surface area (Å²) < 4.78 is 65.4. The van der Waals surface area contributed by atoms with Crippen LogP contribution in [-0.4, -0.2) is 70.0 Å².